The summed E-state index contributed by atoms with van der Waals surface area (Å²) in [6.07, 6.45) is 0.175. The first-order valence-electron chi connectivity index (χ1n) is 7.78. The van der Waals surface area contributed by atoms with Crippen LogP contribution in [0.4, 0.5) is 0 Å². The van der Waals surface area contributed by atoms with Gasteiger partial charge in [0.05, 0.1) is 23.7 Å². The zero-order valence-electron chi connectivity index (χ0n) is 13.7. The summed E-state index contributed by atoms with van der Waals surface area (Å²) in [5.41, 5.74) is 1.55. The van der Waals surface area contributed by atoms with Crippen LogP contribution in [-0.2, 0) is 16.0 Å². The number of halogens is 1. The lowest BCUT2D eigenvalue weighted by Crippen LogP contribution is -2.41. The van der Waals surface area contributed by atoms with Gasteiger partial charge in [-0.2, -0.15) is 0 Å². The van der Waals surface area contributed by atoms with E-state index in [4.69, 9.17) is 11.6 Å². The number of carbonyl (C=O) groups excluding carboxylic acids is 2. The summed E-state index contributed by atoms with van der Waals surface area (Å²) in [7, 11) is 0. The third-order valence-corrected chi connectivity index (χ3v) is 4.69. The predicted octanol–water partition coefficient (Wildman–Crippen LogP) is 2.99. The highest BCUT2D eigenvalue weighted by atomic mass is 35.5. The van der Waals surface area contributed by atoms with E-state index in [0.29, 0.717) is 23.8 Å². The molecule has 1 N–H and O–H groups in total. The number of carbonyl (C=O) groups is 2. The van der Waals surface area contributed by atoms with Crippen LogP contribution in [0.5, 0.6) is 0 Å². The van der Waals surface area contributed by atoms with Crippen LogP contribution < -0.4 is 5.32 Å². The molecular formula is C17H20ClN3O2S. The largest absolute Gasteiger partial charge is 0.355 e. The van der Waals surface area contributed by atoms with Gasteiger partial charge in [0.1, 0.15) is 5.01 Å². The number of nitrogens with one attached hydrogen (secondary N) is 1. The standard InChI is InChI=1S/C17H20ClN3O2S/c1-3-19-15(22)10-21(4-2)16(23)9-12-11-24-17(20-12)13-7-5-6-8-14(13)18/h5-8,11H,3-4,9-10H2,1-2H3,(H,19,22). The van der Waals surface area contributed by atoms with Crippen LogP contribution in [0.1, 0.15) is 19.5 Å². The van der Waals surface area contributed by atoms with Crippen molar-refractivity contribution in [2.45, 2.75) is 20.3 Å². The second-order valence-electron chi connectivity index (χ2n) is 5.16. The zero-order valence-corrected chi connectivity index (χ0v) is 15.3. The van der Waals surface area contributed by atoms with E-state index in [1.54, 1.807) is 0 Å². The minimum atomic E-state index is -0.150. The Morgan fingerprint density at radius 1 is 1.29 bits per heavy atom. The molecule has 2 amide bonds. The molecule has 0 aliphatic heterocycles. The van der Waals surface area contributed by atoms with Crippen LogP contribution in [-0.4, -0.2) is 41.3 Å². The molecule has 0 saturated heterocycles. The molecule has 0 aliphatic rings. The minimum absolute atomic E-state index is 0.0741. The molecule has 0 spiro atoms. The van der Waals surface area contributed by atoms with Gasteiger partial charge in [0.25, 0.3) is 0 Å². The summed E-state index contributed by atoms with van der Waals surface area (Å²) >= 11 is 7.64. The molecule has 0 bridgehead atoms. The fourth-order valence-electron chi connectivity index (χ4n) is 2.22. The van der Waals surface area contributed by atoms with Crippen LogP contribution >= 0.6 is 22.9 Å². The number of benzene rings is 1. The van der Waals surface area contributed by atoms with Crippen molar-refractivity contribution in [3.8, 4) is 10.6 Å². The van der Waals surface area contributed by atoms with Crippen molar-refractivity contribution in [3.63, 3.8) is 0 Å². The van der Waals surface area contributed by atoms with Crippen LogP contribution in [0.2, 0.25) is 5.02 Å². The highest BCUT2D eigenvalue weighted by molar-refractivity contribution is 7.13. The Morgan fingerprint density at radius 2 is 2.04 bits per heavy atom. The molecule has 5 nitrogen and oxygen atoms in total. The molecule has 0 atom stereocenters. The van der Waals surface area contributed by atoms with E-state index >= 15 is 0 Å². The SMILES string of the molecule is CCNC(=O)CN(CC)C(=O)Cc1csc(-c2ccccc2Cl)n1. The molecule has 0 aliphatic carbocycles. The number of aromatic nitrogens is 1. The van der Waals surface area contributed by atoms with Gasteiger partial charge in [0, 0.05) is 24.0 Å². The van der Waals surface area contributed by atoms with Crippen LogP contribution in [0.25, 0.3) is 10.6 Å². The first-order valence-corrected chi connectivity index (χ1v) is 9.04. The Kier molecular flexibility index (Phi) is 6.75. The maximum absolute atomic E-state index is 12.4. The normalized spacial score (nSPS) is 10.5. The molecule has 1 heterocycles. The highest BCUT2D eigenvalue weighted by Crippen LogP contribution is 2.30. The first-order chi connectivity index (χ1) is 11.5. The second kappa shape index (κ2) is 8.80. The van der Waals surface area contributed by atoms with Crippen molar-refractivity contribution in [3.05, 3.63) is 40.4 Å². The quantitative estimate of drug-likeness (QED) is 0.820. The van der Waals surface area contributed by atoms with Gasteiger partial charge in [-0.15, -0.1) is 11.3 Å². The van der Waals surface area contributed by atoms with Gasteiger partial charge in [-0.1, -0.05) is 29.8 Å². The Bertz CT molecular complexity index is 717. The van der Waals surface area contributed by atoms with E-state index in [-0.39, 0.29) is 24.8 Å². The van der Waals surface area contributed by atoms with Crippen molar-refractivity contribution in [1.82, 2.24) is 15.2 Å². The molecule has 2 rings (SSSR count). The molecule has 0 saturated carbocycles. The fraction of sp³-hybridized carbons (Fsp3) is 0.353. The van der Waals surface area contributed by atoms with E-state index in [9.17, 15) is 9.59 Å². The van der Waals surface area contributed by atoms with Gasteiger partial charge in [0.2, 0.25) is 11.8 Å². The lowest BCUT2D eigenvalue weighted by molar-refractivity contribution is -0.135. The van der Waals surface area contributed by atoms with Crippen molar-refractivity contribution in [1.29, 1.82) is 0 Å². The molecule has 128 valence electrons. The van der Waals surface area contributed by atoms with E-state index in [2.05, 4.69) is 10.3 Å². The lowest BCUT2D eigenvalue weighted by atomic mass is 10.2. The fourth-order valence-corrected chi connectivity index (χ4v) is 3.36. The van der Waals surface area contributed by atoms with Gasteiger partial charge in [-0.3, -0.25) is 9.59 Å². The van der Waals surface area contributed by atoms with Crippen molar-refractivity contribution in [2.24, 2.45) is 0 Å². The predicted molar refractivity (Wildman–Crippen MR) is 97.2 cm³/mol. The maximum Gasteiger partial charge on any atom is 0.239 e. The van der Waals surface area contributed by atoms with Crippen molar-refractivity contribution in [2.75, 3.05) is 19.6 Å². The summed E-state index contributed by atoms with van der Waals surface area (Å²) in [5, 5.41) is 5.98. The molecule has 1 aromatic heterocycles. The monoisotopic (exact) mass is 365 g/mol. The summed E-state index contributed by atoms with van der Waals surface area (Å²) < 4.78 is 0. The highest BCUT2D eigenvalue weighted by Gasteiger charge is 2.17. The summed E-state index contributed by atoms with van der Waals surface area (Å²) in [6, 6.07) is 7.48. The molecule has 0 unspecified atom stereocenters. The Labute approximate surface area is 150 Å². The molecule has 7 heteroatoms. The Balaban J connectivity index is 2.04. The van der Waals surface area contributed by atoms with Crippen LogP contribution in [0, 0.1) is 0 Å². The van der Waals surface area contributed by atoms with Gasteiger partial charge in [-0.05, 0) is 19.9 Å². The van der Waals surface area contributed by atoms with E-state index in [1.807, 2.05) is 43.5 Å². The molecule has 24 heavy (non-hydrogen) atoms. The third-order valence-electron chi connectivity index (χ3n) is 3.43. The summed E-state index contributed by atoms with van der Waals surface area (Å²) in [5.74, 6) is -0.262. The summed E-state index contributed by atoms with van der Waals surface area (Å²) in [6.45, 7) is 4.81. The smallest absolute Gasteiger partial charge is 0.239 e. The Hall–Kier alpha value is -1.92. The van der Waals surface area contributed by atoms with Crippen molar-refractivity contribution >= 4 is 34.8 Å². The van der Waals surface area contributed by atoms with E-state index in [0.717, 1.165) is 10.6 Å². The number of amides is 2. The van der Waals surface area contributed by atoms with E-state index < -0.39 is 0 Å². The average molecular weight is 366 g/mol. The minimum Gasteiger partial charge on any atom is -0.355 e. The van der Waals surface area contributed by atoms with Gasteiger partial charge < -0.3 is 10.2 Å². The van der Waals surface area contributed by atoms with Gasteiger partial charge in [-0.25, -0.2) is 4.98 Å². The summed E-state index contributed by atoms with van der Waals surface area (Å²) in [4.78, 5) is 30.1. The topological polar surface area (TPSA) is 62.3 Å². The molecule has 2 aromatic rings. The maximum atomic E-state index is 12.4. The number of hydrogen-bond donors (Lipinski definition) is 1. The van der Waals surface area contributed by atoms with Gasteiger partial charge >= 0.3 is 0 Å². The molecule has 0 radical (unpaired) electrons. The molecule has 0 fully saturated rings. The Morgan fingerprint density at radius 3 is 2.71 bits per heavy atom. The second-order valence-corrected chi connectivity index (χ2v) is 6.43. The number of likely N-dealkylation sites (N-methyl/N-ethyl adjacent to an activating group) is 2. The van der Waals surface area contributed by atoms with Crippen LogP contribution in [0.15, 0.2) is 29.6 Å². The van der Waals surface area contributed by atoms with E-state index in [1.165, 1.54) is 16.2 Å². The molecular weight excluding hydrogens is 346 g/mol. The van der Waals surface area contributed by atoms with Gasteiger partial charge in [0.15, 0.2) is 0 Å². The lowest BCUT2D eigenvalue weighted by Gasteiger charge is -2.19. The average Bonchev–Trinajstić information content (AvgIpc) is 3.01. The first kappa shape index (κ1) is 18.4. The van der Waals surface area contributed by atoms with Crippen molar-refractivity contribution < 1.29 is 9.59 Å². The molecule has 1 aromatic carbocycles. The number of nitrogens with zero attached hydrogens (tertiary/aromatic N) is 2. The van der Waals surface area contributed by atoms with Crippen LogP contribution in [0.3, 0.4) is 0 Å². The zero-order chi connectivity index (χ0) is 17.5. The number of hydrogen-bond acceptors (Lipinski definition) is 4. The number of rotatable bonds is 7. The third kappa shape index (κ3) is 4.79. The number of thiazole rings is 1.